The van der Waals surface area contributed by atoms with Gasteiger partial charge in [0.25, 0.3) is 0 Å². The summed E-state index contributed by atoms with van der Waals surface area (Å²) in [6.07, 6.45) is 7.27. The van der Waals surface area contributed by atoms with Gasteiger partial charge in [0, 0.05) is 6.04 Å². The molecule has 0 aromatic rings. The zero-order valence-electron chi connectivity index (χ0n) is 9.36. The van der Waals surface area contributed by atoms with Gasteiger partial charge in [-0.1, -0.05) is 12.8 Å². The van der Waals surface area contributed by atoms with Gasteiger partial charge in [-0.3, -0.25) is 0 Å². The number of aliphatic hydroxyl groups excluding tert-OH is 2. The number of hydrogen-bond acceptors (Lipinski definition) is 3. The Hall–Kier alpha value is -0.120. The normalized spacial score (nSPS) is 42.0. The summed E-state index contributed by atoms with van der Waals surface area (Å²) in [6, 6.07) is 0.302. The van der Waals surface area contributed by atoms with E-state index >= 15 is 0 Å². The second-order valence-corrected chi connectivity index (χ2v) is 5.20. The van der Waals surface area contributed by atoms with Gasteiger partial charge >= 0.3 is 0 Å². The second kappa shape index (κ2) is 5.28. The van der Waals surface area contributed by atoms with Gasteiger partial charge in [0.2, 0.25) is 0 Å². The van der Waals surface area contributed by atoms with Gasteiger partial charge in [-0.05, 0) is 44.6 Å². The third kappa shape index (κ3) is 3.16. The van der Waals surface area contributed by atoms with Crippen molar-refractivity contribution < 1.29 is 10.2 Å². The first-order valence-corrected chi connectivity index (χ1v) is 6.35. The Morgan fingerprint density at radius 3 is 2.47 bits per heavy atom. The van der Waals surface area contributed by atoms with Crippen molar-refractivity contribution in [3.05, 3.63) is 0 Å². The molecule has 0 spiro atoms. The lowest BCUT2D eigenvalue weighted by molar-refractivity contribution is 0.0884. The third-order valence-electron chi connectivity index (χ3n) is 3.91. The average molecular weight is 213 g/mol. The van der Waals surface area contributed by atoms with Crippen molar-refractivity contribution in [3.8, 4) is 0 Å². The highest BCUT2D eigenvalue weighted by Gasteiger charge is 2.26. The standard InChI is InChI=1S/C12H23NO2/c14-10-6-5-9(7-10)8-13-11-3-1-2-4-12(11)15/h9-15H,1-8H2/t9?,10?,11-,12-/m1/s1. The van der Waals surface area contributed by atoms with Crippen molar-refractivity contribution in [1.82, 2.24) is 5.32 Å². The van der Waals surface area contributed by atoms with E-state index < -0.39 is 0 Å². The summed E-state index contributed by atoms with van der Waals surface area (Å²) in [7, 11) is 0. The monoisotopic (exact) mass is 213 g/mol. The lowest BCUT2D eigenvalue weighted by Gasteiger charge is -2.29. The van der Waals surface area contributed by atoms with Crippen LogP contribution in [-0.4, -0.2) is 35.0 Å². The van der Waals surface area contributed by atoms with Gasteiger partial charge < -0.3 is 15.5 Å². The molecule has 3 N–H and O–H groups in total. The van der Waals surface area contributed by atoms with Crippen molar-refractivity contribution in [2.24, 2.45) is 5.92 Å². The SMILES string of the molecule is OC1CCC(CN[C@@H]2CCCC[C@H]2O)C1. The molecular formula is C12H23NO2. The van der Waals surface area contributed by atoms with Crippen molar-refractivity contribution in [3.63, 3.8) is 0 Å². The van der Waals surface area contributed by atoms with Crippen LogP contribution in [0, 0.1) is 5.92 Å². The maximum atomic E-state index is 9.78. The van der Waals surface area contributed by atoms with Gasteiger partial charge in [-0.15, -0.1) is 0 Å². The molecule has 2 aliphatic rings. The molecule has 2 saturated carbocycles. The van der Waals surface area contributed by atoms with E-state index in [2.05, 4.69) is 5.32 Å². The Kier molecular flexibility index (Phi) is 4.00. The van der Waals surface area contributed by atoms with Crippen LogP contribution in [0.3, 0.4) is 0 Å². The van der Waals surface area contributed by atoms with Crippen LogP contribution in [0.15, 0.2) is 0 Å². The van der Waals surface area contributed by atoms with E-state index in [-0.39, 0.29) is 12.2 Å². The molecule has 88 valence electrons. The minimum absolute atomic E-state index is 0.0759. The Morgan fingerprint density at radius 1 is 1.00 bits per heavy atom. The predicted octanol–water partition coefficient (Wildman–Crippen LogP) is 1.04. The molecule has 0 aliphatic heterocycles. The Balaban J connectivity index is 1.68. The minimum atomic E-state index is -0.148. The molecule has 15 heavy (non-hydrogen) atoms. The first kappa shape index (κ1) is 11.4. The molecule has 2 rings (SSSR count). The van der Waals surface area contributed by atoms with Crippen LogP contribution in [0.1, 0.15) is 44.9 Å². The predicted molar refractivity (Wildman–Crippen MR) is 59.6 cm³/mol. The maximum Gasteiger partial charge on any atom is 0.0693 e. The summed E-state index contributed by atoms with van der Waals surface area (Å²) in [5.74, 6) is 0.620. The van der Waals surface area contributed by atoms with E-state index in [1.807, 2.05) is 0 Å². The highest BCUT2D eigenvalue weighted by atomic mass is 16.3. The zero-order valence-corrected chi connectivity index (χ0v) is 9.36. The van der Waals surface area contributed by atoms with Gasteiger partial charge in [-0.2, -0.15) is 0 Å². The lowest BCUT2D eigenvalue weighted by atomic mass is 9.92. The molecule has 0 heterocycles. The van der Waals surface area contributed by atoms with Crippen molar-refractivity contribution >= 4 is 0 Å². The first-order chi connectivity index (χ1) is 7.25. The topological polar surface area (TPSA) is 52.5 Å². The number of aliphatic hydroxyl groups is 2. The molecule has 2 unspecified atom stereocenters. The molecule has 3 heteroatoms. The van der Waals surface area contributed by atoms with Crippen molar-refractivity contribution in [2.45, 2.75) is 63.2 Å². The van der Waals surface area contributed by atoms with Gasteiger partial charge in [-0.25, -0.2) is 0 Å². The fourth-order valence-corrected chi connectivity index (χ4v) is 2.90. The van der Waals surface area contributed by atoms with Crippen LogP contribution in [0.5, 0.6) is 0 Å². The molecule has 0 bridgehead atoms. The smallest absolute Gasteiger partial charge is 0.0693 e. The van der Waals surface area contributed by atoms with Crippen molar-refractivity contribution in [2.75, 3.05) is 6.54 Å². The Morgan fingerprint density at radius 2 is 1.80 bits per heavy atom. The van der Waals surface area contributed by atoms with Crippen LogP contribution in [0.2, 0.25) is 0 Å². The number of nitrogens with one attached hydrogen (secondary N) is 1. The third-order valence-corrected chi connectivity index (χ3v) is 3.91. The fraction of sp³-hybridized carbons (Fsp3) is 1.00. The minimum Gasteiger partial charge on any atom is -0.393 e. The Labute approximate surface area is 91.9 Å². The summed E-state index contributed by atoms with van der Waals surface area (Å²) in [6.45, 7) is 0.971. The van der Waals surface area contributed by atoms with Crippen LogP contribution in [-0.2, 0) is 0 Å². The molecule has 0 saturated heterocycles. The quantitative estimate of drug-likeness (QED) is 0.656. The molecule has 0 radical (unpaired) electrons. The summed E-state index contributed by atoms with van der Waals surface area (Å²) < 4.78 is 0. The van der Waals surface area contributed by atoms with Crippen LogP contribution >= 0.6 is 0 Å². The summed E-state index contributed by atoms with van der Waals surface area (Å²) >= 11 is 0. The highest BCUT2D eigenvalue weighted by molar-refractivity contribution is 4.83. The van der Waals surface area contributed by atoms with Gasteiger partial charge in [0.05, 0.1) is 12.2 Å². The summed E-state index contributed by atoms with van der Waals surface area (Å²) in [5.41, 5.74) is 0. The summed E-state index contributed by atoms with van der Waals surface area (Å²) in [4.78, 5) is 0. The molecule has 2 aliphatic carbocycles. The highest BCUT2D eigenvalue weighted by Crippen LogP contribution is 2.25. The van der Waals surface area contributed by atoms with E-state index in [4.69, 9.17) is 0 Å². The van der Waals surface area contributed by atoms with E-state index in [1.165, 1.54) is 12.8 Å². The molecule has 0 amide bonds. The van der Waals surface area contributed by atoms with E-state index in [0.29, 0.717) is 12.0 Å². The zero-order chi connectivity index (χ0) is 10.7. The van der Waals surface area contributed by atoms with E-state index in [9.17, 15) is 10.2 Å². The van der Waals surface area contributed by atoms with Crippen LogP contribution < -0.4 is 5.32 Å². The van der Waals surface area contributed by atoms with E-state index in [1.54, 1.807) is 0 Å². The fourth-order valence-electron chi connectivity index (χ4n) is 2.90. The number of hydrogen-bond donors (Lipinski definition) is 3. The molecular weight excluding hydrogens is 190 g/mol. The molecule has 4 atom stereocenters. The van der Waals surface area contributed by atoms with Crippen LogP contribution in [0.25, 0.3) is 0 Å². The maximum absolute atomic E-state index is 9.78. The second-order valence-electron chi connectivity index (χ2n) is 5.20. The molecule has 3 nitrogen and oxygen atoms in total. The van der Waals surface area contributed by atoms with Crippen LogP contribution in [0.4, 0.5) is 0 Å². The molecule has 0 aromatic heterocycles. The largest absolute Gasteiger partial charge is 0.393 e. The molecule has 0 aromatic carbocycles. The van der Waals surface area contributed by atoms with Gasteiger partial charge in [0.1, 0.15) is 0 Å². The van der Waals surface area contributed by atoms with Crippen molar-refractivity contribution in [1.29, 1.82) is 0 Å². The Bertz CT molecular complexity index is 198. The molecule has 2 fully saturated rings. The lowest BCUT2D eigenvalue weighted by Crippen LogP contribution is -2.43. The van der Waals surface area contributed by atoms with E-state index in [0.717, 1.165) is 38.6 Å². The summed E-state index contributed by atoms with van der Waals surface area (Å²) in [5, 5.41) is 22.7. The number of rotatable bonds is 3. The van der Waals surface area contributed by atoms with Gasteiger partial charge in [0.15, 0.2) is 0 Å². The average Bonchev–Trinajstić information content (AvgIpc) is 2.63. The first-order valence-electron chi connectivity index (χ1n) is 6.35.